The molecule has 112 valence electrons. The van der Waals surface area contributed by atoms with Crippen molar-refractivity contribution < 1.29 is 19.0 Å². The quantitative estimate of drug-likeness (QED) is 0.642. The number of carbonyl (C=O) groups excluding carboxylic acids is 1. The first-order chi connectivity index (χ1) is 9.35. The van der Waals surface area contributed by atoms with Crippen LogP contribution in [0.2, 0.25) is 0 Å². The maximum atomic E-state index is 13.9. The van der Waals surface area contributed by atoms with E-state index in [2.05, 4.69) is 0 Å². The molecule has 0 aliphatic rings. The number of rotatable bonds is 6. The topological polar surface area (TPSA) is 46.5 Å². The molecule has 0 fully saturated rings. The van der Waals surface area contributed by atoms with E-state index in [-0.39, 0.29) is 12.4 Å². The minimum absolute atomic E-state index is 0.135. The van der Waals surface area contributed by atoms with E-state index in [1.165, 1.54) is 12.1 Å². The maximum Gasteiger partial charge on any atom is 0.339 e. The molecule has 4 heteroatoms. The van der Waals surface area contributed by atoms with Crippen molar-refractivity contribution in [1.29, 1.82) is 0 Å². The van der Waals surface area contributed by atoms with Crippen molar-refractivity contribution in [3.05, 3.63) is 35.1 Å². The molecule has 0 aromatic heterocycles. The van der Waals surface area contributed by atoms with Crippen LogP contribution in [0.1, 0.15) is 56.0 Å². The van der Waals surface area contributed by atoms with E-state index in [1.54, 1.807) is 26.8 Å². The van der Waals surface area contributed by atoms with E-state index >= 15 is 0 Å². The van der Waals surface area contributed by atoms with Gasteiger partial charge < -0.3 is 9.84 Å². The Morgan fingerprint density at radius 2 is 1.95 bits per heavy atom. The molecule has 20 heavy (non-hydrogen) atoms. The Balaban J connectivity index is 2.84. The molecule has 0 radical (unpaired) electrons. The number of hydrogen-bond acceptors (Lipinski definition) is 3. The van der Waals surface area contributed by atoms with Crippen LogP contribution < -0.4 is 0 Å². The summed E-state index contributed by atoms with van der Waals surface area (Å²) in [6.07, 6.45) is 2.70. The highest BCUT2D eigenvalue weighted by molar-refractivity contribution is 5.91. The van der Waals surface area contributed by atoms with Crippen molar-refractivity contribution in [3.63, 3.8) is 0 Å². The van der Waals surface area contributed by atoms with Gasteiger partial charge in [-0.2, -0.15) is 0 Å². The van der Waals surface area contributed by atoms with Gasteiger partial charge in [-0.25, -0.2) is 9.18 Å². The molecule has 1 aromatic rings. The van der Waals surface area contributed by atoms with Gasteiger partial charge >= 0.3 is 5.97 Å². The van der Waals surface area contributed by atoms with Gasteiger partial charge in [0.1, 0.15) is 11.4 Å². The highest BCUT2D eigenvalue weighted by Gasteiger charge is 2.21. The normalized spacial score (nSPS) is 11.4. The largest absolute Gasteiger partial charge is 0.456 e. The highest BCUT2D eigenvalue weighted by atomic mass is 19.1. The fraction of sp³-hybridized carbons (Fsp3) is 0.562. The Bertz CT molecular complexity index is 450. The number of ether oxygens (including phenoxy) is 1. The zero-order valence-electron chi connectivity index (χ0n) is 12.4. The van der Waals surface area contributed by atoms with Gasteiger partial charge in [0, 0.05) is 12.2 Å². The van der Waals surface area contributed by atoms with E-state index in [0.717, 1.165) is 12.8 Å². The summed E-state index contributed by atoms with van der Waals surface area (Å²) < 4.78 is 19.2. The third kappa shape index (κ3) is 5.29. The summed E-state index contributed by atoms with van der Waals surface area (Å²) >= 11 is 0. The van der Waals surface area contributed by atoms with Gasteiger partial charge in [-0.1, -0.05) is 12.5 Å². The minimum Gasteiger partial charge on any atom is -0.456 e. The van der Waals surface area contributed by atoms with E-state index in [0.29, 0.717) is 24.0 Å². The lowest BCUT2D eigenvalue weighted by molar-refractivity contribution is 0.00676. The molecule has 0 saturated carbocycles. The second-order valence-electron chi connectivity index (χ2n) is 5.80. The molecule has 0 spiro atoms. The maximum absolute atomic E-state index is 13.9. The zero-order chi connectivity index (χ0) is 15.2. The lowest BCUT2D eigenvalue weighted by Crippen LogP contribution is -2.24. The Hall–Kier alpha value is -1.42. The number of aliphatic hydroxyl groups is 1. The molecule has 0 atom stereocenters. The van der Waals surface area contributed by atoms with Crippen molar-refractivity contribution in [3.8, 4) is 0 Å². The van der Waals surface area contributed by atoms with Crippen molar-refractivity contribution in [2.24, 2.45) is 0 Å². The highest BCUT2D eigenvalue weighted by Crippen LogP contribution is 2.20. The monoisotopic (exact) mass is 282 g/mol. The van der Waals surface area contributed by atoms with E-state index in [9.17, 15) is 9.18 Å². The average molecular weight is 282 g/mol. The van der Waals surface area contributed by atoms with Crippen molar-refractivity contribution in [1.82, 2.24) is 0 Å². The minimum atomic E-state index is -0.600. The Kier molecular flexibility index (Phi) is 6.14. The number of aliphatic hydroxyl groups excluding tert-OH is 1. The number of unbranched alkanes of at least 4 members (excludes halogenated alkanes) is 2. The molecule has 0 unspecified atom stereocenters. The molecule has 3 nitrogen and oxygen atoms in total. The van der Waals surface area contributed by atoms with Gasteiger partial charge in [-0.15, -0.1) is 0 Å². The lowest BCUT2D eigenvalue weighted by Gasteiger charge is -2.20. The molecule has 1 N–H and O–H groups in total. The van der Waals surface area contributed by atoms with Crippen molar-refractivity contribution >= 4 is 5.97 Å². The Labute approximate surface area is 119 Å². The van der Waals surface area contributed by atoms with Gasteiger partial charge in [0.05, 0.1) is 5.56 Å². The van der Waals surface area contributed by atoms with Crippen LogP contribution >= 0.6 is 0 Å². The first kappa shape index (κ1) is 16.6. The van der Waals surface area contributed by atoms with E-state index in [1.807, 2.05) is 0 Å². The van der Waals surface area contributed by atoms with Crippen LogP contribution in [0.5, 0.6) is 0 Å². The van der Waals surface area contributed by atoms with Crippen LogP contribution in [0.3, 0.4) is 0 Å². The summed E-state index contributed by atoms with van der Waals surface area (Å²) in [5, 5.41) is 8.74. The summed E-state index contributed by atoms with van der Waals surface area (Å²) in [7, 11) is 0. The van der Waals surface area contributed by atoms with Gasteiger partial charge in [-0.3, -0.25) is 0 Å². The number of halogens is 1. The van der Waals surface area contributed by atoms with Gasteiger partial charge in [0.15, 0.2) is 0 Å². The molecule has 0 saturated heterocycles. The van der Waals surface area contributed by atoms with Crippen LogP contribution in [-0.2, 0) is 11.2 Å². The predicted octanol–water partition coefficient (Wildman–Crippen LogP) is 3.49. The van der Waals surface area contributed by atoms with Crippen LogP contribution in [0.4, 0.5) is 4.39 Å². The molecule has 0 aliphatic heterocycles. The standard InChI is InChI=1S/C16H23FO3/c1-16(2,3)20-15(19)13-9-7-10-14(17)12(13)8-5-4-6-11-18/h7,9-10,18H,4-6,8,11H2,1-3H3. The van der Waals surface area contributed by atoms with Crippen LogP contribution in [-0.4, -0.2) is 23.3 Å². The van der Waals surface area contributed by atoms with Crippen molar-refractivity contribution in [2.45, 2.75) is 52.1 Å². The SMILES string of the molecule is CC(C)(C)OC(=O)c1cccc(F)c1CCCCCO. The van der Waals surface area contributed by atoms with E-state index in [4.69, 9.17) is 9.84 Å². The smallest absolute Gasteiger partial charge is 0.339 e. The average Bonchev–Trinajstić information content (AvgIpc) is 2.34. The fourth-order valence-corrected chi connectivity index (χ4v) is 1.93. The molecule has 0 aliphatic carbocycles. The molecule has 0 bridgehead atoms. The number of hydrogen-bond donors (Lipinski definition) is 1. The summed E-state index contributed by atoms with van der Waals surface area (Å²) in [6, 6.07) is 4.47. The number of carbonyl (C=O) groups is 1. The second-order valence-corrected chi connectivity index (χ2v) is 5.80. The molecular formula is C16H23FO3. The van der Waals surface area contributed by atoms with E-state index < -0.39 is 11.6 Å². The number of esters is 1. The molecule has 1 rings (SSSR count). The third-order valence-electron chi connectivity index (χ3n) is 2.82. The zero-order valence-corrected chi connectivity index (χ0v) is 12.4. The summed E-state index contributed by atoms with van der Waals surface area (Å²) in [5.41, 5.74) is 0.0981. The van der Waals surface area contributed by atoms with Crippen LogP contribution in [0.15, 0.2) is 18.2 Å². The molecule has 0 heterocycles. The summed E-state index contributed by atoms with van der Waals surface area (Å²) in [5.74, 6) is -0.869. The molecule has 1 aromatic carbocycles. The Morgan fingerprint density at radius 3 is 2.55 bits per heavy atom. The lowest BCUT2D eigenvalue weighted by atomic mass is 10.0. The first-order valence-corrected chi connectivity index (χ1v) is 6.97. The molecular weight excluding hydrogens is 259 g/mol. The third-order valence-corrected chi connectivity index (χ3v) is 2.82. The predicted molar refractivity (Wildman–Crippen MR) is 76.2 cm³/mol. The fourth-order valence-electron chi connectivity index (χ4n) is 1.93. The number of benzene rings is 1. The summed E-state index contributed by atoms with van der Waals surface area (Å²) in [4.78, 5) is 12.1. The van der Waals surface area contributed by atoms with Gasteiger partial charge in [0.25, 0.3) is 0 Å². The van der Waals surface area contributed by atoms with Gasteiger partial charge in [-0.05, 0) is 52.2 Å². The molecule has 0 amide bonds. The van der Waals surface area contributed by atoms with Crippen LogP contribution in [0.25, 0.3) is 0 Å². The van der Waals surface area contributed by atoms with Gasteiger partial charge in [0.2, 0.25) is 0 Å². The Morgan fingerprint density at radius 1 is 1.25 bits per heavy atom. The van der Waals surface area contributed by atoms with Crippen LogP contribution in [0, 0.1) is 5.82 Å². The van der Waals surface area contributed by atoms with Crippen molar-refractivity contribution in [2.75, 3.05) is 6.61 Å². The summed E-state index contributed by atoms with van der Waals surface area (Å²) in [6.45, 7) is 5.48. The first-order valence-electron chi connectivity index (χ1n) is 6.97. The second kappa shape index (κ2) is 7.39.